The standard InChI is InChI=1S/C7H10ClNOS/c1-5-3-6(8)7(11-5)4-9(2)10/h3,10H,4H2,1-2H3. The smallest absolute Gasteiger partial charge is 0.0594 e. The molecule has 0 saturated heterocycles. The van der Waals surface area contributed by atoms with Crippen molar-refractivity contribution in [3.63, 3.8) is 0 Å². The predicted octanol–water partition coefficient (Wildman–Crippen LogP) is 2.53. The summed E-state index contributed by atoms with van der Waals surface area (Å²) in [4.78, 5) is 2.18. The molecule has 1 aromatic rings. The Balaban J connectivity index is 2.77. The number of halogens is 1. The Kier molecular flexibility index (Phi) is 2.90. The van der Waals surface area contributed by atoms with Crippen LogP contribution in [0.2, 0.25) is 5.02 Å². The van der Waals surface area contributed by atoms with Crippen molar-refractivity contribution < 1.29 is 5.21 Å². The first kappa shape index (κ1) is 9.00. The van der Waals surface area contributed by atoms with E-state index in [-0.39, 0.29) is 0 Å². The van der Waals surface area contributed by atoms with Crippen molar-refractivity contribution in [2.75, 3.05) is 7.05 Å². The van der Waals surface area contributed by atoms with Crippen LogP contribution in [0.15, 0.2) is 6.07 Å². The van der Waals surface area contributed by atoms with Crippen LogP contribution in [0.25, 0.3) is 0 Å². The van der Waals surface area contributed by atoms with E-state index in [4.69, 9.17) is 16.8 Å². The van der Waals surface area contributed by atoms with Gasteiger partial charge in [-0.3, -0.25) is 0 Å². The van der Waals surface area contributed by atoms with E-state index >= 15 is 0 Å². The van der Waals surface area contributed by atoms with Crippen LogP contribution in [0.4, 0.5) is 0 Å². The predicted molar refractivity (Wildman–Crippen MR) is 47.3 cm³/mol. The summed E-state index contributed by atoms with van der Waals surface area (Å²) in [6.45, 7) is 2.49. The van der Waals surface area contributed by atoms with Gasteiger partial charge in [0.1, 0.15) is 0 Å². The van der Waals surface area contributed by atoms with Gasteiger partial charge in [0.25, 0.3) is 0 Å². The molecule has 4 heteroatoms. The third-order valence-corrected chi connectivity index (χ3v) is 2.74. The minimum atomic E-state index is 0.497. The zero-order chi connectivity index (χ0) is 8.43. The fraction of sp³-hybridized carbons (Fsp3) is 0.429. The maximum atomic E-state index is 8.92. The lowest BCUT2D eigenvalue weighted by atomic mass is 10.4. The summed E-state index contributed by atoms with van der Waals surface area (Å²) in [6, 6.07) is 1.91. The maximum absolute atomic E-state index is 8.92. The molecule has 0 unspecified atom stereocenters. The lowest BCUT2D eigenvalue weighted by Crippen LogP contribution is -2.10. The molecule has 1 N–H and O–H groups in total. The molecular weight excluding hydrogens is 182 g/mol. The van der Waals surface area contributed by atoms with E-state index in [2.05, 4.69) is 0 Å². The SMILES string of the molecule is Cc1cc(Cl)c(CN(C)O)s1. The van der Waals surface area contributed by atoms with Crippen LogP contribution >= 0.6 is 22.9 Å². The number of thiophene rings is 1. The van der Waals surface area contributed by atoms with E-state index in [0.717, 1.165) is 15.0 Å². The normalized spacial score (nSPS) is 11.0. The van der Waals surface area contributed by atoms with Crippen LogP contribution in [-0.2, 0) is 6.54 Å². The van der Waals surface area contributed by atoms with Gasteiger partial charge >= 0.3 is 0 Å². The van der Waals surface area contributed by atoms with Crippen LogP contribution in [0.3, 0.4) is 0 Å². The van der Waals surface area contributed by atoms with Gasteiger partial charge in [0.2, 0.25) is 0 Å². The molecule has 0 aliphatic rings. The number of hydrogen-bond donors (Lipinski definition) is 1. The van der Waals surface area contributed by atoms with Crippen molar-refractivity contribution in [3.8, 4) is 0 Å². The minimum Gasteiger partial charge on any atom is -0.314 e. The fourth-order valence-corrected chi connectivity index (χ4v) is 2.22. The van der Waals surface area contributed by atoms with Gasteiger partial charge in [-0.15, -0.1) is 11.3 Å². The monoisotopic (exact) mass is 191 g/mol. The Hall–Kier alpha value is -0.0900. The summed E-state index contributed by atoms with van der Waals surface area (Å²) in [7, 11) is 1.60. The third-order valence-electron chi connectivity index (χ3n) is 1.25. The molecule has 11 heavy (non-hydrogen) atoms. The molecule has 0 atom stereocenters. The Morgan fingerprint density at radius 2 is 2.36 bits per heavy atom. The minimum absolute atomic E-state index is 0.497. The van der Waals surface area contributed by atoms with E-state index in [1.54, 1.807) is 18.4 Å². The highest BCUT2D eigenvalue weighted by Gasteiger charge is 2.05. The molecule has 0 spiro atoms. The number of aryl methyl sites for hydroxylation is 1. The van der Waals surface area contributed by atoms with Crippen molar-refractivity contribution in [1.82, 2.24) is 5.06 Å². The summed E-state index contributed by atoms with van der Waals surface area (Å²) >= 11 is 7.47. The van der Waals surface area contributed by atoms with E-state index in [9.17, 15) is 0 Å². The third kappa shape index (κ3) is 2.45. The Labute approximate surface area is 75.0 Å². The largest absolute Gasteiger partial charge is 0.314 e. The Bertz CT molecular complexity index is 247. The van der Waals surface area contributed by atoms with Gasteiger partial charge in [-0.05, 0) is 13.0 Å². The van der Waals surface area contributed by atoms with Crippen molar-refractivity contribution in [2.24, 2.45) is 0 Å². The number of rotatable bonds is 2. The lowest BCUT2D eigenvalue weighted by Gasteiger charge is -2.05. The van der Waals surface area contributed by atoms with Gasteiger partial charge in [-0.1, -0.05) is 11.6 Å². The molecule has 1 rings (SSSR count). The van der Waals surface area contributed by atoms with Gasteiger partial charge in [0.15, 0.2) is 0 Å². The van der Waals surface area contributed by atoms with Crippen molar-refractivity contribution in [1.29, 1.82) is 0 Å². The second kappa shape index (κ2) is 3.54. The van der Waals surface area contributed by atoms with Crippen molar-refractivity contribution >= 4 is 22.9 Å². The second-order valence-corrected chi connectivity index (χ2v) is 4.19. The van der Waals surface area contributed by atoms with Crippen LogP contribution in [0.5, 0.6) is 0 Å². The highest BCUT2D eigenvalue weighted by Crippen LogP contribution is 2.26. The quantitative estimate of drug-likeness (QED) is 0.727. The fourth-order valence-electron chi connectivity index (χ4n) is 0.847. The lowest BCUT2D eigenvalue weighted by molar-refractivity contribution is -0.0723. The summed E-state index contributed by atoms with van der Waals surface area (Å²) in [5.74, 6) is 0. The molecule has 0 fully saturated rings. The molecular formula is C7H10ClNOS. The average molecular weight is 192 g/mol. The first-order chi connectivity index (χ1) is 5.09. The molecule has 0 amide bonds. The maximum Gasteiger partial charge on any atom is 0.0594 e. The molecule has 0 aromatic carbocycles. The van der Waals surface area contributed by atoms with E-state index in [0.29, 0.717) is 6.54 Å². The van der Waals surface area contributed by atoms with E-state index in [1.165, 1.54) is 4.88 Å². The summed E-state index contributed by atoms with van der Waals surface area (Å²) < 4.78 is 0. The van der Waals surface area contributed by atoms with Crippen LogP contribution in [0, 0.1) is 6.92 Å². The number of hydroxylamine groups is 2. The van der Waals surface area contributed by atoms with Crippen molar-refractivity contribution in [2.45, 2.75) is 13.5 Å². The Morgan fingerprint density at radius 3 is 2.73 bits per heavy atom. The van der Waals surface area contributed by atoms with E-state index in [1.807, 2.05) is 13.0 Å². The molecule has 0 bridgehead atoms. The molecule has 62 valence electrons. The first-order valence-corrected chi connectivity index (χ1v) is 4.44. The molecule has 0 saturated carbocycles. The van der Waals surface area contributed by atoms with Crippen molar-refractivity contribution in [3.05, 3.63) is 20.8 Å². The molecule has 2 nitrogen and oxygen atoms in total. The summed E-state index contributed by atoms with van der Waals surface area (Å²) in [5, 5.41) is 10.8. The Morgan fingerprint density at radius 1 is 1.73 bits per heavy atom. The zero-order valence-corrected chi connectivity index (χ0v) is 8.04. The van der Waals surface area contributed by atoms with Crippen LogP contribution in [0.1, 0.15) is 9.75 Å². The van der Waals surface area contributed by atoms with Gasteiger partial charge in [-0.25, -0.2) is 0 Å². The molecule has 0 aliphatic heterocycles. The summed E-state index contributed by atoms with van der Waals surface area (Å²) in [6.07, 6.45) is 0. The first-order valence-electron chi connectivity index (χ1n) is 3.24. The van der Waals surface area contributed by atoms with Gasteiger partial charge in [0.05, 0.1) is 11.6 Å². The second-order valence-electron chi connectivity index (χ2n) is 2.44. The van der Waals surface area contributed by atoms with Crippen LogP contribution < -0.4 is 0 Å². The average Bonchev–Trinajstić information content (AvgIpc) is 2.09. The highest BCUT2D eigenvalue weighted by molar-refractivity contribution is 7.12. The highest BCUT2D eigenvalue weighted by atomic mass is 35.5. The van der Waals surface area contributed by atoms with E-state index < -0.39 is 0 Å². The molecule has 1 heterocycles. The molecule has 0 radical (unpaired) electrons. The molecule has 0 aliphatic carbocycles. The van der Waals surface area contributed by atoms with Gasteiger partial charge in [-0.2, -0.15) is 5.06 Å². The number of hydrogen-bond acceptors (Lipinski definition) is 3. The zero-order valence-electron chi connectivity index (χ0n) is 6.47. The topological polar surface area (TPSA) is 23.5 Å². The van der Waals surface area contributed by atoms with Crippen LogP contribution in [-0.4, -0.2) is 17.3 Å². The van der Waals surface area contributed by atoms with Gasteiger partial charge in [0, 0.05) is 16.8 Å². The van der Waals surface area contributed by atoms with Gasteiger partial charge < -0.3 is 5.21 Å². The number of nitrogens with zero attached hydrogens (tertiary/aromatic N) is 1. The summed E-state index contributed by atoms with van der Waals surface area (Å²) in [5.41, 5.74) is 0. The molecule has 1 aromatic heterocycles.